The second-order valence-corrected chi connectivity index (χ2v) is 6.63. The van der Waals surface area contributed by atoms with Gasteiger partial charge in [0, 0.05) is 19.6 Å². The fraction of sp³-hybridized carbons (Fsp3) is 0.812. The molecule has 2 rings (SSSR count). The molecule has 4 heteroatoms. The van der Waals surface area contributed by atoms with Gasteiger partial charge in [-0.25, -0.2) is 4.98 Å². The molecular weight excluding hydrogens is 250 g/mol. The predicted octanol–water partition coefficient (Wildman–Crippen LogP) is 3.15. The van der Waals surface area contributed by atoms with Crippen molar-refractivity contribution >= 4 is 0 Å². The highest BCUT2D eigenvalue weighted by atomic mass is 16.5. The maximum Gasteiger partial charge on any atom is 0.111 e. The minimum Gasteiger partial charge on any atom is -0.369 e. The van der Waals surface area contributed by atoms with Crippen molar-refractivity contribution in [3.63, 3.8) is 0 Å². The normalized spacial score (nSPS) is 20.2. The zero-order valence-electron chi connectivity index (χ0n) is 13.2. The van der Waals surface area contributed by atoms with E-state index in [1.165, 1.54) is 31.4 Å². The molecule has 1 N–H and O–H groups in total. The van der Waals surface area contributed by atoms with Crippen LogP contribution in [-0.4, -0.2) is 29.2 Å². The number of hydrogen-bond acceptors (Lipinski definition) is 3. The number of unbranched alkanes of at least 4 members (excludes halogenated alkanes) is 2. The Morgan fingerprint density at radius 2 is 2.30 bits per heavy atom. The van der Waals surface area contributed by atoms with E-state index in [-0.39, 0.29) is 6.10 Å². The molecule has 1 fully saturated rings. The molecule has 4 nitrogen and oxygen atoms in total. The molecule has 0 spiro atoms. The van der Waals surface area contributed by atoms with Gasteiger partial charge in [0.1, 0.15) is 6.10 Å². The Labute approximate surface area is 122 Å². The first kappa shape index (κ1) is 15.5. The lowest BCUT2D eigenvalue weighted by Gasteiger charge is -2.29. The van der Waals surface area contributed by atoms with E-state index in [2.05, 4.69) is 35.6 Å². The van der Waals surface area contributed by atoms with Crippen molar-refractivity contribution in [3.05, 3.63) is 18.2 Å². The van der Waals surface area contributed by atoms with Crippen LogP contribution in [0.5, 0.6) is 0 Å². The van der Waals surface area contributed by atoms with Crippen LogP contribution in [0.3, 0.4) is 0 Å². The molecule has 1 aromatic heterocycles. The lowest BCUT2D eigenvalue weighted by molar-refractivity contribution is 0.0217. The number of ether oxygens (including phenoxy) is 1. The highest BCUT2D eigenvalue weighted by Crippen LogP contribution is 2.28. The monoisotopic (exact) mass is 279 g/mol. The van der Waals surface area contributed by atoms with Crippen LogP contribution in [0.15, 0.2) is 12.5 Å². The lowest BCUT2D eigenvalue weighted by Crippen LogP contribution is -2.34. The van der Waals surface area contributed by atoms with Gasteiger partial charge in [0.15, 0.2) is 0 Å². The lowest BCUT2D eigenvalue weighted by atomic mass is 9.86. The average Bonchev–Trinajstić information content (AvgIpc) is 2.87. The Morgan fingerprint density at radius 3 is 3.00 bits per heavy atom. The molecule has 0 saturated carbocycles. The fourth-order valence-electron chi connectivity index (χ4n) is 2.88. The Hall–Kier alpha value is -0.870. The molecule has 1 saturated heterocycles. The first-order valence-corrected chi connectivity index (χ1v) is 7.95. The molecule has 1 aromatic rings. The summed E-state index contributed by atoms with van der Waals surface area (Å²) in [6.07, 6.45) is 9.26. The zero-order chi connectivity index (χ0) is 14.4. The van der Waals surface area contributed by atoms with Gasteiger partial charge in [0.25, 0.3) is 0 Å². The highest BCUT2D eigenvalue weighted by molar-refractivity contribution is 5.05. The van der Waals surface area contributed by atoms with Gasteiger partial charge >= 0.3 is 0 Å². The van der Waals surface area contributed by atoms with Crippen molar-refractivity contribution in [2.24, 2.45) is 5.41 Å². The largest absolute Gasteiger partial charge is 0.369 e. The molecule has 0 bridgehead atoms. The van der Waals surface area contributed by atoms with Gasteiger partial charge in [-0.2, -0.15) is 0 Å². The van der Waals surface area contributed by atoms with Crippen LogP contribution in [-0.2, 0) is 11.3 Å². The van der Waals surface area contributed by atoms with Crippen molar-refractivity contribution in [1.29, 1.82) is 0 Å². The minimum absolute atomic E-state index is 0.151. The molecule has 0 aromatic carbocycles. The number of hydrogen-bond donors (Lipinski definition) is 1. The second-order valence-electron chi connectivity index (χ2n) is 6.63. The van der Waals surface area contributed by atoms with Crippen LogP contribution >= 0.6 is 0 Å². The molecule has 2 heterocycles. The highest BCUT2D eigenvalue weighted by Gasteiger charge is 2.23. The van der Waals surface area contributed by atoms with Gasteiger partial charge in [-0.05, 0) is 11.8 Å². The number of nitrogens with one attached hydrogen (secondary N) is 1. The maximum atomic E-state index is 5.85. The summed E-state index contributed by atoms with van der Waals surface area (Å²) in [5.74, 6) is 0. The maximum absolute atomic E-state index is 5.85. The predicted molar refractivity (Wildman–Crippen MR) is 81.7 cm³/mol. The molecule has 0 amide bonds. The van der Waals surface area contributed by atoms with Gasteiger partial charge in [0.2, 0.25) is 0 Å². The van der Waals surface area contributed by atoms with E-state index in [0.717, 1.165) is 26.2 Å². The summed E-state index contributed by atoms with van der Waals surface area (Å²) in [4.78, 5) is 4.33. The molecule has 1 atom stereocenters. The van der Waals surface area contributed by atoms with Gasteiger partial charge in [0.05, 0.1) is 24.8 Å². The molecule has 0 aliphatic carbocycles. The Bertz CT molecular complexity index is 394. The summed E-state index contributed by atoms with van der Waals surface area (Å²) in [6, 6.07) is 0. The fourth-order valence-corrected chi connectivity index (χ4v) is 2.88. The molecule has 1 unspecified atom stereocenters. The van der Waals surface area contributed by atoms with Crippen LogP contribution in [0.1, 0.15) is 58.3 Å². The standard InChI is InChI=1S/C16H29N3O/c1-4-5-6-7-16(2,3)12-19-13-18-10-14(19)15-11-17-8-9-20-15/h10,13,15,17H,4-9,11-12H2,1-3H3. The third kappa shape index (κ3) is 4.32. The molecule has 114 valence electrons. The van der Waals surface area contributed by atoms with Crippen LogP contribution in [0.4, 0.5) is 0 Å². The SMILES string of the molecule is CCCCCC(C)(C)Cn1cncc1C1CNCCO1. The van der Waals surface area contributed by atoms with E-state index in [9.17, 15) is 0 Å². The molecule has 0 radical (unpaired) electrons. The van der Waals surface area contributed by atoms with Crippen molar-refractivity contribution in [3.8, 4) is 0 Å². The smallest absolute Gasteiger partial charge is 0.111 e. The quantitative estimate of drug-likeness (QED) is 0.779. The number of morpholine rings is 1. The summed E-state index contributed by atoms with van der Waals surface area (Å²) in [5, 5.41) is 3.39. The van der Waals surface area contributed by atoms with Crippen molar-refractivity contribution in [2.45, 2.75) is 59.1 Å². The molecular formula is C16H29N3O. The number of aromatic nitrogens is 2. The second kappa shape index (κ2) is 7.23. The number of rotatable bonds is 7. The minimum atomic E-state index is 0.151. The van der Waals surface area contributed by atoms with E-state index in [0.29, 0.717) is 5.41 Å². The Morgan fingerprint density at radius 1 is 1.45 bits per heavy atom. The first-order valence-electron chi connectivity index (χ1n) is 7.95. The van der Waals surface area contributed by atoms with E-state index in [1.54, 1.807) is 0 Å². The molecule has 1 aliphatic rings. The van der Waals surface area contributed by atoms with Gasteiger partial charge in [-0.15, -0.1) is 0 Å². The summed E-state index contributed by atoms with van der Waals surface area (Å²) in [6.45, 7) is 10.6. The van der Waals surface area contributed by atoms with Gasteiger partial charge in [-0.3, -0.25) is 0 Å². The molecule has 1 aliphatic heterocycles. The summed E-state index contributed by atoms with van der Waals surface area (Å²) in [7, 11) is 0. The van der Waals surface area contributed by atoms with Crippen LogP contribution < -0.4 is 5.32 Å². The average molecular weight is 279 g/mol. The van der Waals surface area contributed by atoms with Crippen molar-refractivity contribution in [2.75, 3.05) is 19.7 Å². The third-order valence-corrected chi connectivity index (χ3v) is 4.06. The zero-order valence-corrected chi connectivity index (χ0v) is 13.2. The summed E-state index contributed by atoms with van der Waals surface area (Å²) in [5.41, 5.74) is 1.52. The van der Waals surface area contributed by atoms with E-state index < -0.39 is 0 Å². The van der Waals surface area contributed by atoms with Gasteiger partial charge < -0.3 is 14.6 Å². The molecule has 20 heavy (non-hydrogen) atoms. The summed E-state index contributed by atoms with van der Waals surface area (Å²) < 4.78 is 8.13. The van der Waals surface area contributed by atoms with Crippen molar-refractivity contribution < 1.29 is 4.74 Å². The van der Waals surface area contributed by atoms with Crippen molar-refractivity contribution in [1.82, 2.24) is 14.9 Å². The Balaban J connectivity index is 1.96. The Kier molecular flexibility index (Phi) is 5.61. The van der Waals surface area contributed by atoms with Gasteiger partial charge in [-0.1, -0.05) is 40.0 Å². The van der Waals surface area contributed by atoms with E-state index >= 15 is 0 Å². The third-order valence-electron chi connectivity index (χ3n) is 4.06. The van der Waals surface area contributed by atoms with Crippen LogP contribution in [0.2, 0.25) is 0 Å². The van der Waals surface area contributed by atoms with E-state index in [1.807, 2.05) is 12.5 Å². The van der Waals surface area contributed by atoms with Crippen LogP contribution in [0.25, 0.3) is 0 Å². The number of imidazole rings is 1. The summed E-state index contributed by atoms with van der Waals surface area (Å²) >= 11 is 0. The number of nitrogens with zero attached hydrogens (tertiary/aromatic N) is 2. The first-order chi connectivity index (χ1) is 9.62. The van der Waals surface area contributed by atoms with Crippen LogP contribution in [0, 0.1) is 5.41 Å². The topological polar surface area (TPSA) is 39.1 Å². The van der Waals surface area contributed by atoms with E-state index in [4.69, 9.17) is 4.74 Å².